The van der Waals surface area contributed by atoms with Gasteiger partial charge in [-0.25, -0.2) is 18.3 Å². The van der Waals surface area contributed by atoms with E-state index in [-0.39, 0.29) is 12.2 Å². The van der Waals surface area contributed by atoms with E-state index in [0.717, 1.165) is 0 Å². The molecule has 0 radical (unpaired) electrons. The summed E-state index contributed by atoms with van der Waals surface area (Å²) in [5, 5.41) is 6.85. The van der Waals surface area contributed by atoms with Crippen molar-refractivity contribution in [3.05, 3.63) is 23.7 Å². The molecule has 0 spiro atoms. The third-order valence-electron chi connectivity index (χ3n) is 3.40. The molecule has 6 nitrogen and oxygen atoms in total. The fourth-order valence-electron chi connectivity index (χ4n) is 2.28. The van der Waals surface area contributed by atoms with Crippen LogP contribution in [0.2, 0.25) is 0 Å². The Bertz CT molecular complexity index is 683. The predicted octanol–water partition coefficient (Wildman–Crippen LogP) is 0.776. The summed E-state index contributed by atoms with van der Waals surface area (Å²) in [4.78, 5) is 15.2. The van der Waals surface area contributed by atoms with Crippen LogP contribution in [0.4, 0.5) is 14.5 Å². The molecule has 0 bridgehead atoms. The molecule has 3 N–H and O–H groups in total. The molecule has 0 fully saturated rings. The molecule has 2 aromatic rings. The smallest absolute Gasteiger partial charge is 0.269 e. The average Bonchev–Trinajstić information content (AvgIpc) is 2.91. The Morgan fingerprint density at radius 1 is 1.63 bits per heavy atom. The van der Waals surface area contributed by atoms with E-state index < -0.39 is 17.7 Å². The molecule has 8 heteroatoms. The van der Waals surface area contributed by atoms with E-state index in [0.29, 0.717) is 17.0 Å². The van der Waals surface area contributed by atoms with Gasteiger partial charge in [-0.1, -0.05) is 0 Å². The highest BCUT2D eigenvalue weighted by atomic mass is 19.3. The second-order valence-electron chi connectivity index (χ2n) is 4.76. The summed E-state index contributed by atoms with van der Waals surface area (Å²) < 4.78 is 27.9. The van der Waals surface area contributed by atoms with Crippen LogP contribution in [0, 0.1) is 0 Å². The molecular formula is C11H11F2N5O. The number of amides is 1. The van der Waals surface area contributed by atoms with Crippen molar-refractivity contribution in [2.75, 3.05) is 11.9 Å². The first kappa shape index (κ1) is 11.8. The van der Waals surface area contributed by atoms with Crippen molar-refractivity contribution in [3.8, 4) is 0 Å². The van der Waals surface area contributed by atoms with Crippen LogP contribution in [-0.2, 0) is 5.41 Å². The molecule has 100 valence electrons. The molecule has 2 aromatic heterocycles. The van der Waals surface area contributed by atoms with Gasteiger partial charge >= 0.3 is 0 Å². The molecular weight excluding hydrogens is 256 g/mol. The number of hydrogen-bond acceptors (Lipinski definition) is 4. The molecule has 1 atom stereocenters. The fraction of sp³-hybridized carbons (Fsp3) is 0.364. The second kappa shape index (κ2) is 3.62. The maximum Gasteiger partial charge on any atom is 0.269 e. The standard InChI is InChI=1S/C11H11F2N5O/c1-11(10(12)13)4-16-6-3-15-7-2-5(9(14)19)17-18(7)8(6)11/h2-3,10,16H,4H2,1H3,(H2,14,19). The van der Waals surface area contributed by atoms with Crippen LogP contribution in [0.3, 0.4) is 0 Å². The van der Waals surface area contributed by atoms with Crippen molar-refractivity contribution in [1.82, 2.24) is 14.6 Å². The molecule has 0 saturated carbocycles. The summed E-state index contributed by atoms with van der Waals surface area (Å²) in [6.45, 7) is 1.54. The minimum Gasteiger partial charge on any atom is -0.381 e. The highest BCUT2D eigenvalue weighted by Gasteiger charge is 2.45. The van der Waals surface area contributed by atoms with E-state index in [2.05, 4.69) is 15.4 Å². The van der Waals surface area contributed by atoms with Gasteiger partial charge < -0.3 is 11.1 Å². The largest absolute Gasteiger partial charge is 0.381 e. The Labute approximate surface area is 106 Å². The molecule has 3 rings (SSSR count). The first-order valence-electron chi connectivity index (χ1n) is 5.64. The maximum absolute atomic E-state index is 13.3. The van der Waals surface area contributed by atoms with Gasteiger partial charge in [-0.05, 0) is 6.92 Å². The molecule has 0 aromatic carbocycles. The van der Waals surface area contributed by atoms with Crippen LogP contribution in [0.1, 0.15) is 23.1 Å². The van der Waals surface area contributed by atoms with Gasteiger partial charge in [0.2, 0.25) is 0 Å². The maximum atomic E-state index is 13.3. The van der Waals surface area contributed by atoms with E-state index in [9.17, 15) is 13.6 Å². The van der Waals surface area contributed by atoms with E-state index >= 15 is 0 Å². The number of anilines is 1. The minimum absolute atomic E-state index is 0.00409. The molecule has 0 aliphatic carbocycles. The van der Waals surface area contributed by atoms with Gasteiger partial charge in [0.1, 0.15) is 0 Å². The number of fused-ring (bicyclic) bond motifs is 3. The molecule has 1 unspecified atom stereocenters. The second-order valence-corrected chi connectivity index (χ2v) is 4.76. The zero-order valence-corrected chi connectivity index (χ0v) is 10.0. The number of primary amides is 1. The summed E-state index contributed by atoms with van der Waals surface area (Å²) in [5.41, 5.74) is 4.91. The van der Waals surface area contributed by atoms with Crippen molar-refractivity contribution < 1.29 is 13.6 Å². The topological polar surface area (TPSA) is 85.3 Å². The summed E-state index contributed by atoms with van der Waals surface area (Å²) in [7, 11) is 0. The van der Waals surface area contributed by atoms with Gasteiger partial charge in [-0.2, -0.15) is 5.10 Å². The van der Waals surface area contributed by atoms with Crippen LogP contribution in [0.15, 0.2) is 12.3 Å². The lowest BCUT2D eigenvalue weighted by molar-refractivity contribution is 0.0667. The number of nitrogens with one attached hydrogen (secondary N) is 1. The van der Waals surface area contributed by atoms with Gasteiger partial charge in [0.15, 0.2) is 11.3 Å². The molecule has 1 aliphatic heterocycles. The Balaban J connectivity index is 2.31. The zero-order valence-electron chi connectivity index (χ0n) is 10.0. The zero-order chi connectivity index (χ0) is 13.8. The summed E-state index contributed by atoms with van der Waals surface area (Å²) in [6, 6.07) is 1.38. The van der Waals surface area contributed by atoms with Crippen molar-refractivity contribution in [2.45, 2.75) is 18.8 Å². The lowest BCUT2D eigenvalue weighted by atomic mass is 9.89. The fourth-order valence-corrected chi connectivity index (χ4v) is 2.28. The number of aromatic nitrogens is 3. The Kier molecular flexibility index (Phi) is 2.25. The lowest BCUT2D eigenvalue weighted by Crippen LogP contribution is -2.34. The van der Waals surface area contributed by atoms with E-state index in [1.807, 2.05) is 0 Å². The monoisotopic (exact) mass is 267 g/mol. The summed E-state index contributed by atoms with van der Waals surface area (Å²) in [5.74, 6) is -0.719. The van der Waals surface area contributed by atoms with Crippen molar-refractivity contribution >= 4 is 17.2 Å². The number of nitrogens with two attached hydrogens (primary N) is 1. The molecule has 0 saturated heterocycles. The number of carbonyl (C=O) groups excluding carboxylic acids is 1. The third kappa shape index (κ3) is 1.49. The first-order chi connectivity index (χ1) is 8.93. The number of nitrogens with zero attached hydrogens (tertiary/aromatic N) is 3. The van der Waals surface area contributed by atoms with Crippen LogP contribution in [-0.4, -0.2) is 33.5 Å². The predicted molar refractivity (Wildman–Crippen MR) is 63.4 cm³/mol. The average molecular weight is 267 g/mol. The number of halogens is 2. The van der Waals surface area contributed by atoms with Crippen LogP contribution in [0.25, 0.3) is 5.65 Å². The van der Waals surface area contributed by atoms with Crippen LogP contribution >= 0.6 is 0 Å². The minimum atomic E-state index is -2.56. The Morgan fingerprint density at radius 2 is 2.37 bits per heavy atom. The van der Waals surface area contributed by atoms with Crippen molar-refractivity contribution in [1.29, 1.82) is 0 Å². The van der Waals surface area contributed by atoms with Gasteiger partial charge in [0.25, 0.3) is 12.3 Å². The van der Waals surface area contributed by atoms with Gasteiger partial charge in [0, 0.05) is 12.6 Å². The summed E-state index contributed by atoms with van der Waals surface area (Å²) in [6.07, 6.45) is -1.10. The Hall–Kier alpha value is -2.25. The molecule has 1 amide bonds. The lowest BCUT2D eigenvalue weighted by Gasteiger charge is -2.22. The number of hydrogen-bond donors (Lipinski definition) is 2. The van der Waals surface area contributed by atoms with Gasteiger partial charge in [-0.15, -0.1) is 0 Å². The van der Waals surface area contributed by atoms with E-state index in [1.165, 1.54) is 23.7 Å². The third-order valence-corrected chi connectivity index (χ3v) is 3.40. The SMILES string of the molecule is CC1(C(F)F)CNc2cnc3cc(C(N)=O)nn3c21. The number of rotatable bonds is 2. The van der Waals surface area contributed by atoms with Crippen molar-refractivity contribution in [2.24, 2.45) is 5.73 Å². The van der Waals surface area contributed by atoms with Gasteiger partial charge in [0.05, 0.1) is 23.0 Å². The van der Waals surface area contributed by atoms with Crippen LogP contribution in [0.5, 0.6) is 0 Å². The van der Waals surface area contributed by atoms with Gasteiger partial charge in [-0.3, -0.25) is 4.79 Å². The number of alkyl halides is 2. The quantitative estimate of drug-likeness (QED) is 0.841. The van der Waals surface area contributed by atoms with E-state index in [1.54, 1.807) is 0 Å². The number of carbonyl (C=O) groups is 1. The van der Waals surface area contributed by atoms with Crippen molar-refractivity contribution in [3.63, 3.8) is 0 Å². The Morgan fingerprint density at radius 3 is 3.00 bits per heavy atom. The molecule has 19 heavy (non-hydrogen) atoms. The van der Waals surface area contributed by atoms with Crippen LogP contribution < -0.4 is 11.1 Å². The highest BCUT2D eigenvalue weighted by Crippen LogP contribution is 2.40. The molecule has 1 aliphatic rings. The highest BCUT2D eigenvalue weighted by molar-refractivity contribution is 5.91. The normalized spacial score (nSPS) is 21.7. The summed E-state index contributed by atoms with van der Waals surface area (Å²) >= 11 is 0. The van der Waals surface area contributed by atoms with E-state index in [4.69, 9.17) is 5.73 Å². The first-order valence-corrected chi connectivity index (χ1v) is 5.64. The molecule has 3 heterocycles.